The third-order valence-corrected chi connectivity index (χ3v) is 6.19. The van der Waals surface area contributed by atoms with Gasteiger partial charge in [0.25, 0.3) is 0 Å². The second-order valence-corrected chi connectivity index (χ2v) is 8.54. The van der Waals surface area contributed by atoms with E-state index in [0.717, 1.165) is 59.5 Å². The second kappa shape index (κ2) is 7.63. The summed E-state index contributed by atoms with van der Waals surface area (Å²) in [7, 11) is 1.66. The third-order valence-electron chi connectivity index (χ3n) is 6.19. The van der Waals surface area contributed by atoms with E-state index in [1.54, 1.807) is 7.11 Å². The van der Waals surface area contributed by atoms with Gasteiger partial charge in [0.15, 0.2) is 0 Å². The highest BCUT2D eigenvalue weighted by Gasteiger charge is 2.41. The van der Waals surface area contributed by atoms with Gasteiger partial charge in [-0.1, -0.05) is 5.16 Å². The smallest absolute Gasteiger partial charge is 0.131 e. The van der Waals surface area contributed by atoms with Crippen molar-refractivity contribution in [2.75, 3.05) is 19.5 Å². The molecule has 0 unspecified atom stereocenters. The Labute approximate surface area is 171 Å². The number of aromatic nitrogens is 2. The molecule has 1 fully saturated rings. The minimum Gasteiger partial charge on any atom is -0.497 e. The van der Waals surface area contributed by atoms with Crippen LogP contribution in [0.1, 0.15) is 50.7 Å². The van der Waals surface area contributed by atoms with Gasteiger partial charge in [0.05, 0.1) is 18.5 Å². The first-order valence-electron chi connectivity index (χ1n) is 10.2. The van der Waals surface area contributed by atoms with Crippen LogP contribution >= 0.6 is 0 Å². The number of fused-ring (bicyclic) bond motifs is 3. The quantitative estimate of drug-likeness (QED) is 0.769. The predicted octanol–water partition coefficient (Wildman–Crippen LogP) is 3.26. The summed E-state index contributed by atoms with van der Waals surface area (Å²) in [4.78, 5) is 14.6. The number of nitrogens with zero attached hydrogens (tertiary/aromatic N) is 3. The molecule has 0 spiro atoms. The van der Waals surface area contributed by atoms with Crippen LogP contribution in [-0.2, 0) is 10.3 Å². The number of anilines is 1. The second-order valence-electron chi connectivity index (χ2n) is 8.54. The molecule has 1 aromatic carbocycles. The SMILES string of the molecule is COc1ccc2c(c1)/C(=N\OC[C@H]1CC[C@H](N)CC1)C(C)(C)c1c(N)ncnc1-2. The standard InChI is InChI=1S/C22H29N5O2/c1-22(2)18-19(25-12-26-21(18)24)16-9-8-15(28-3)10-17(16)20(22)27-29-11-13-4-6-14(23)7-5-13/h8-10,12-14H,4-7,11,23H2,1-3H3,(H2,24,25,26)/b27-20+/t13-,14-. The Morgan fingerprint density at radius 1 is 1.14 bits per heavy atom. The monoisotopic (exact) mass is 395 g/mol. The maximum absolute atomic E-state index is 6.27. The van der Waals surface area contributed by atoms with Crippen LogP contribution in [0.25, 0.3) is 11.3 Å². The highest BCUT2D eigenvalue weighted by atomic mass is 16.6. The molecule has 4 rings (SSSR count). The summed E-state index contributed by atoms with van der Waals surface area (Å²) in [6, 6.07) is 6.23. The molecule has 154 valence electrons. The summed E-state index contributed by atoms with van der Waals surface area (Å²) in [6.45, 7) is 4.75. The summed E-state index contributed by atoms with van der Waals surface area (Å²) in [6.07, 6.45) is 5.78. The zero-order valence-corrected chi connectivity index (χ0v) is 17.3. The van der Waals surface area contributed by atoms with Gasteiger partial charge in [-0.3, -0.25) is 0 Å². The van der Waals surface area contributed by atoms with Gasteiger partial charge < -0.3 is 21.0 Å². The number of rotatable bonds is 4. The average molecular weight is 396 g/mol. The van der Waals surface area contributed by atoms with Crippen molar-refractivity contribution in [2.24, 2.45) is 16.8 Å². The van der Waals surface area contributed by atoms with E-state index < -0.39 is 5.41 Å². The largest absolute Gasteiger partial charge is 0.497 e. The van der Waals surface area contributed by atoms with Crippen molar-refractivity contribution in [1.29, 1.82) is 0 Å². The van der Waals surface area contributed by atoms with Gasteiger partial charge in [0.2, 0.25) is 0 Å². The number of hydrogen-bond donors (Lipinski definition) is 2. The first-order valence-corrected chi connectivity index (χ1v) is 10.2. The number of oxime groups is 1. The Hall–Kier alpha value is -2.67. The molecule has 2 aliphatic carbocycles. The van der Waals surface area contributed by atoms with Crippen molar-refractivity contribution < 1.29 is 9.57 Å². The van der Waals surface area contributed by atoms with Crippen LogP contribution in [0.5, 0.6) is 5.75 Å². The molecule has 29 heavy (non-hydrogen) atoms. The number of hydrogen-bond acceptors (Lipinski definition) is 7. The van der Waals surface area contributed by atoms with Crippen molar-refractivity contribution >= 4 is 11.5 Å². The van der Waals surface area contributed by atoms with Crippen LogP contribution in [0.15, 0.2) is 29.7 Å². The lowest BCUT2D eigenvalue weighted by atomic mass is 9.70. The summed E-state index contributed by atoms with van der Waals surface area (Å²) in [5.74, 6) is 1.73. The van der Waals surface area contributed by atoms with E-state index in [1.807, 2.05) is 18.2 Å². The number of benzene rings is 1. The molecule has 2 aromatic rings. The zero-order valence-electron chi connectivity index (χ0n) is 17.3. The van der Waals surface area contributed by atoms with Gasteiger partial charge in [0, 0.05) is 28.1 Å². The first-order chi connectivity index (χ1) is 13.9. The van der Waals surface area contributed by atoms with Crippen LogP contribution in [0.3, 0.4) is 0 Å². The molecule has 1 saturated carbocycles. The summed E-state index contributed by atoms with van der Waals surface area (Å²) in [5, 5.41) is 4.62. The normalized spacial score (nSPS) is 23.9. The Balaban J connectivity index is 1.72. The van der Waals surface area contributed by atoms with E-state index in [1.165, 1.54) is 6.33 Å². The molecule has 1 aromatic heterocycles. The number of nitrogen functional groups attached to an aromatic ring is 1. The molecule has 4 N–H and O–H groups in total. The molecule has 0 atom stereocenters. The summed E-state index contributed by atoms with van der Waals surface area (Å²) >= 11 is 0. The van der Waals surface area contributed by atoms with Gasteiger partial charge in [-0.25, -0.2) is 9.97 Å². The zero-order chi connectivity index (χ0) is 20.6. The Bertz CT molecular complexity index is 933. The fourth-order valence-corrected chi connectivity index (χ4v) is 4.45. The van der Waals surface area contributed by atoms with Gasteiger partial charge in [-0.2, -0.15) is 0 Å². The van der Waals surface area contributed by atoms with Gasteiger partial charge in [-0.15, -0.1) is 0 Å². The van der Waals surface area contributed by atoms with E-state index in [9.17, 15) is 0 Å². The van der Waals surface area contributed by atoms with E-state index in [2.05, 4.69) is 29.0 Å². The van der Waals surface area contributed by atoms with Crippen molar-refractivity contribution in [3.05, 3.63) is 35.7 Å². The molecule has 0 amide bonds. The number of methoxy groups -OCH3 is 1. The van der Waals surface area contributed by atoms with E-state index in [4.69, 9.17) is 21.0 Å². The fourth-order valence-electron chi connectivity index (χ4n) is 4.45. The predicted molar refractivity (Wildman–Crippen MR) is 114 cm³/mol. The van der Waals surface area contributed by atoms with Gasteiger partial charge in [0.1, 0.15) is 24.5 Å². The van der Waals surface area contributed by atoms with E-state index in [0.29, 0.717) is 24.4 Å². The molecule has 1 heterocycles. The molecule has 7 heteroatoms. The molecule has 0 bridgehead atoms. The van der Waals surface area contributed by atoms with Crippen LogP contribution in [0.4, 0.5) is 5.82 Å². The highest BCUT2D eigenvalue weighted by molar-refractivity contribution is 6.15. The molecular weight excluding hydrogens is 366 g/mol. The number of ether oxygens (including phenoxy) is 1. The maximum Gasteiger partial charge on any atom is 0.131 e. The van der Waals surface area contributed by atoms with Crippen LogP contribution in [-0.4, -0.2) is 35.4 Å². The molecule has 0 aliphatic heterocycles. The first kappa shape index (κ1) is 19.6. The lowest BCUT2D eigenvalue weighted by molar-refractivity contribution is 0.0880. The Kier molecular flexibility index (Phi) is 5.17. The van der Waals surface area contributed by atoms with Crippen molar-refractivity contribution in [2.45, 2.75) is 51.0 Å². The lowest BCUT2D eigenvalue weighted by Crippen LogP contribution is -2.36. The van der Waals surface area contributed by atoms with Crippen LogP contribution < -0.4 is 16.2 Å². The van der Waals surface area contributed by atoms with E-state index >= 15 is 0 Å². The molecule has 2 aliphatic rings. The maximum atomic E-state index is 6.27. The number of nitrogens with two attached hydrogens (primary N) is 2. The molecule has 7 nitrogen and oxygen atoms in total. The minimum atomic E-state index is -0.505. The van der Waals surface area contributed by atoms with Gasteiger partial charge in [-0.05, 0) is 63.6 Å². The van der Waals surface area contributed by atoms with E-state index in [-0.39, 0.29) is 0 Å². The fraction of sp³-hybridized carbons (Fsp3) is 0.500. The van der Waals surface area contributed by atoms with Crippen molar-refractivity contribution in [3.8, 4) is 17.0 Å². The van der Waals surface area contributed by atoms with Crippen LogP contribution in [0.2, 0.25) is 0 Å². The lowest BCUT2D eigenvalue weighted by Gasteiger charge is -2.35. The highest BCUT2D eigenvalue weighted by Crippen LogP contribution is 2.45. The van der Waals surface area contributed by atoms with Crippen LogP contribution in [0, 0.1) is 5.92 Å². The van der Waals surface area contributed by atoms with Crippen molar-refractivity contribution in [3.63, 3.8) is 0 Å². The summed E-state index contributed by atoms with van der Waals surface area (Å²) < 4.78 is 5.45. The topological polar surface area (TPSA) is 109 Å². The molecule has 0 saturated heterocycles. The summed E-state index contributed by atoms with van der Waals surface area (Å²) in [5.41, 5.74) is 16.2. The minimum absolute atomic E-state index is 0.327. The van der Waals surface area contributed by atoms with Crippen molar-refractivity contribution in [1.82, 2.24) is 9.97 Å². The molecule has 0 radical (unpaired) electrons. The van der Waals surface area contributed by atoms with Gasteiger partial charge >= 0.3 is 0 Å². The third kappa shape index (κ3) is 3.55. The Morgan fingerprint density at radius 2 is 1.90 bits per heavy atom. The molecular formula is C22H29N5O2. The average Bonchev–Trinajstić information content (AvgIpc) is 2.71. The Morgan fingerprint density at radius 3 is 2.62 bits per heavy atom.